The normalized spacial score (nSPS) is 17.4. The van der Waals surface area contributed by atoms with Gasteiger partial charge in [-0.25, -0.2) is 0 Å². The van der Waals surface area contributed by atoms with Crippen molar-refractivity contribution < 1.29 is 10.2 Å². The summed E-state index contributed by atoms with van der Waals surface area (Å²) in [5.41, 5.74) is 0.938. The quantitative estimate of drug-likeness (QED) is 0.695. The lowest BCUT2D eigenvalue weighted by Crippen LogP contribution is -1.89. The van der Waals surface area contributed by atoms with Gasteiger partial charge in [-0.15, -0.1) is 0 Å². The van der Waals surface area contributed by atoms with Gasteiger partial charge in [0.15, 0.2) is 0 Å². The molecule has 0 aromatic carbocycles. The Kier molecular flexibility index (Phi) is 2.48. The van der Waals surface area contributed by atoms with Crippen molar-refractivity contribution in [2.24, 2.45) is 10.2 Å². The molecule has 0 unspecified atom stereocenters. The minimum absolute atomic E-state index is 0.182. The molecule has 3 N–H and O–H groups in total. The number of hydrogen-bond acceptors (Lipinski definition) is 6. The van der Waals surface area contributed by atoms with Crippen LogP contribution in [0.5, 0.6) is 5.88 Å². The molecule has 1 aliphatic rings. The Morgan fingerprint density at radius 1 is 1.53 bits per heavy atom. The number of aliphatic hydroxyl groups excluding tert-OH is 1. The predicted octanol–water partition coefficient (Wildman–Crippen LogP) is 0.825. The molecule has 78 valence electrons. The zero-order valence-electron chi connectivity index (χ0n) is 7.47. The summed E-state index contributed by atoms with van der Waals surface area (Å²) in [7, 11) is 0. The summed E-state index contributed by atoms with van der Waals surface area (Å²) >= 11 is 0.879. The first-order chi connectivity index (χ1) is 7.19. The molecule has 2 heterocycles. The monoisotopic (exact) mass is 225 g/mol. The van der Waals surface area contributed by atoms with Gasteiger partial charge in [0.05, 0.1) is 22.9 Å². The van der Waals surface area contributed by atoms with Crippen molar-refractivity contribution in [3.8, 4) is 5.88 Å². The lowest BCUT2D eigenvalue weighted by molar-refractivity contribution is 0.329. The van der Waals surface area contributed by atoms with E-state index in [-0.39, 0.29) is 17.4 Å². The zero-order valence-corrected chi connectivity index (χ0v) is 8.28. The second kappa shape index (κ2) is 3.79. The van der Waals surface area contributed by atoms with Gasteiger partial charge >= 0.3 is 4.87 Å². The summed E-state index contributed by atoms with van der Waals surface area (Å²) in [4.78, 5) is 13.2. The summed E-state index contributed by atoms with van der Waals surface area (Å²) in [6.45, 7) is -0.184. The zero-order chi connectivity index (χ0) is 10.8. The van der Waals surface area contributed by atoms with Crippen molar-refractivity contribution in [3.05, 3.63) is 32.0 Å². The third kappa shape index (κ3) is 2.03. The molecule has 15 heavy (non-hydrogen) atoms. The average Bonchev–Trinajstić information content (AvgIpc) is 2.75. The van der Waals surface area contributed by atoms with E-state index in [9.17, 15) is 9.90 Å². The topological polar surface area (TPSA) is 98.0 Å². The molecule has 1 aromatic rings. The van der Waals surface area contributed by atoms with Gasteiger partial charge in [-0.3, -0.25) is 9.78 Å². The van der Waals surface area contributed by atoms with Crippen LogP contribution in [-0.2, 0) is 0 Å². The number of H-pyrrole nitrogens is 1. The summed E-state index contributed by atoms with van der Waals surface area (Å²) in [6.07, 6.45) is 3.09. The van der Waals surface area contributed by atoms with Gasteiger partial charge in [0.25, 0.3) is 0 Å². The lowest BCUT2D eigenvalue weighted by Gasteiger charge is -1.87. The van der Waals surface area contributed by atoms with E-state index in [1.54, 1.807) is 6.08 Å². The molecule has 0 bridgehead atoms. The van der Waals surface area contributed by atoms with Crippen LogP contribution in [-0.4, -0.2) is 21.8 Å². The maximum absolute atomic E-state index is 10.9. The van der Waals surface area contributed by atoms with Crippen LogP contribution in [0.3, 0.4) is 0 Å². The fourth-order valence-electron chi connectivity index (χ4n) is 1.06. The number of rotatable bonds is 2. The van der Waals surface area contributed by atoms with Crippen molar-refractivity contribution in [2.75, 3.05) is 6.61 Å². The average molecular weight is 225 g/mol. The predicted molar refractivity (Wildman–Crippen MR) is 54.6 cm³/mol. The molecule has 2 rings (SSSR count). The van der Waals surface area contributed by atoms with E-state index in [1.807, 2.05) is 0 Å². The maximum Gasteiger partial charge on any atom is 0.307 e. The van der Waals surface area contributed by atoms with Gasteiger partial charge in [-0.05, 0) is 12.2 Å². The fraction of sp³-hybridized carbons (Fsp3) is 0.125. The third-order valence-corrected chi connectivity index (χ3v) is 2.52. The highest BCUT2D eigenvalue weighted by atomic mass is 32.1. The van der Waals surface area contributed by atoms with Crippen molar-refractivity contribution >= 4 is 17.4 Å². The van der Waals surface area contributed by atoms with Gasteiger partial charge in [0.1, 0.15) is 0 Å². The lowest BCUT2D eigenvalue weighted by atomic mass is 10.3. The smallest absolute Gasteiger partial charge is 0.307 e. The highest BCUT2D eigenvalue weighted by molar-refractivity contribution is 7.10. The van der Waals surface area contributed by atoms with Crippen LogP contribution in [0.25, 0.3) is 6.08 Å². The van der Waals surface area contributed by atoms with Crippen LogP contribution < -0.4 is 4.87 Å². The largest absolute Gasteiger partial charge is 0.493 e. The van der Waals surface area contributed by atoms with Crippen LogP contribution in [0.4, 0.5) is 0 Å². The molecular weight excluding hydrogens is 218 g/mol. The molecule has 0 amide bonds. The molecule has 0 atom stereocenters. The van der Waals surface area contributed by atoms with Crippen LogP contribution in [0.15, 0.2) is 32.5 Å². The number of hydrogen-bond donors (Lipinski definition) is 3. The number of thiazole rings is 1. The Morgan fingerprint density at radius 3 is 2.87 bits per heavy atom. The Balaban J connectivity index is 2.33. The Morgan fingerprint density at radius 2 is 2.33 bits per heavy atom. The molecular formula is C8H7N3O3S. The van der Waals surface area contributed by atoms with Gasteiger partial charge in [-0.1, -0.05) is 11.3 Å². The van der Waals surface area contributed by atoms with Crippen molar-refractivity contribution in [3.63, 3.8) is 0 Å². The molecule has 0 fully saturated rings. The summed E-state index contributed by atoms with van der Waals surface area (Å²) in [5, 5.41) is 25.5. The minimum atomic E-state index is -0.333. The number of nitrogens with one attached hydrogen (secondary N) is 1. The Bertz CT molecular complexity index is 523. The minimum Gasteiger partial charge on any atom is -0.493 e. The van der Waals surface area contributed by atoms with Gasteiger partial charge in [0.2, 0.25) is 5.88 Å². The standard InChI is InChI=1S/C8H7N3O3S/c12-3-5-1-4(10-11-5)2-6-7(13)9-8(14)15-6/h1-2,12-13H,3H2,(H,9,14). The summed E-state index contributed by atoms with van der Waals surface area (Å²) in [6, 6.07) is 0. The van der Waals surface area contributed by atoms with Gasteiger partial charge in [0, 0.05) is 0 Å². The van der Waals surface area contributed by atoms with E-state index < -0.39 is 0 Å². The number of allylic oxidation sites excluding steroid dienone is 1. The van der Waals surface area contributed by atoms with E-state index in [1.165, 1.54) is 6.08 Å². The molecule has 0 saturated heterocycles. The van der Waals surface area contributed by atoms with Crippen LogP contribution in [0, 0.1) is 0 Å². The number of aromatic hydroxyl groups is 1. The van der Waals surface area contributed by atoms with Gasteiger partial charge < -0.3 is 10.2 Å². The number of aromatic nitrogens is 1. The first kappa shape index (κ1) is 9.81. The van der Waals surface area contributed by atoms with E-state index in [0.29, 0.717) is 16.3 Å². The molecule has 1 aliphatic heterocycles. The Hall–Kier alpha value is -1.73. The van der Waals surface area contributed by atoms with Crippen molar-refractivity contribution in [1.29, 1.82) is 0 Å². The van der Waals surface area contributed by atoms with Crippen molar-refractivity contribution in [2.45, 2.75) is 0 Å². The van der Waals surface area contributed by atoms with Crippen molar-refractivity contribution in [1.82, 2.24) is 4.98 Å². The maximum atomic E-state index is 10.9. The van der Waals surface area contributed by atoms with E-state index in [2.05, 4.69) is 15.2 Å². The highest BCUT2D eigenvalue weighted by Crippen LogP contribution is 2.23. The van der Waals surface area contributed by atoms with E-state index in [0.717, 1.165) is 11.3 Å². The first-order valence-electron chi connectivity index (χ1n) is 4.06. The van der Waals surface area contributed by atoms with Gasteiger partial charge in [-0.2, -0.15) is 10.2 Å². The molecule has 0 spiro atoms. The van der Waals surface area contributed by atoms with Crippen LogP contribution in [0.2, 0.25) is 0 Å². The third-order valence-electron chi connectivity index (χ3n) is 1.71. The molecule has 0 aliphatic carbocycles. The molecule has 0 radical (unpaired) electrons. The van der Waals surface area contributed by atoms with E-state index >= 15 is 0 Å². The molecule has 0 saturated carbocycles. The molecule has 7 heteroatoms. The number of aromatic amines is 1. The SMILES string of the molecule is O=c1[nH]c(O)c(C=C2C=C(CO)N=N2)s1. The number of aliphatic hydroxyl groups is 1. The highest BCUT2D eigenvalue weighted by Gasteiger charge is 2.08. The second-order valence-corrected chi connectivity index (χ2v) is 3.81. The molecule has 6 nitrogen and oxygen atoms in total. The number of nitrogens with zero attached hydrogens (tertiary/aromatic N) is 2. The number of azo groups is 1. The fourth-order valence-corrected chi connectivity index (χ4v) is 1.74. The second-order valence-electron chi connectivity index (χ2n) is 2.79. The summed E-state index contributed by atoms with van der Waals surface area (Å²) < 4.78 is 0. The van der Waals surface area contributed by atoms with E-state index in [4.69, 9.17) is 5.11 Å². The van der Waals surface area contributed by atoms with Crippen LogP contribution >= 0.6 is 11.3 Å². The first-order valence-corrected chi connectivity index (χ1v) is 4.87. The Labute approximate surface area is 87.9 Å². The molecule has 1 aromatic heterocycles. The summed E-state index contributed by atoms with van der Waals surface area (Å²) in [5.74, 6) is -0.182. The van der Waals surface area contributed by atoms with Crippen LogP contribution in [0.1, 0.15) is 4.88 Å².